The molecule has 1 N–H and O–H groups in total. The van der Waals surface area contributed by atoms with Gasteiger partial charge in [0.15, 0.2) is 0 Å². The van der Waals surface area contributed by atoms with Gasteiger partial charge in [-0.1, -0.05) is 0 Å². The molecule has 1 aromatic carbocycles. The fourth-order valence-corrected chi connectivity index (χ4v) is 2.22. The van der Waals surface area contributed by atoms with E-state index >= 15 is 0 Å². The first-order valence-electron chi connectivity index (χ1n) is 5.81. The Morgan fingerprint density at radius 2 is 2.17 bits per heavy atom. The molecule has 0 fully saturated rings. The van der Waals surface area contributed by atoms with Gasteiger partial charge in [-0.05, 0) is 74.8 Å². The summed E-state index contributed by atoms with van der Waals surface area (Å²) in [5, 5.41) is 2.92. The summed E-state index contributed by atoms with van der Waals surface area (Å²) in [6.45, 7) is 2.89. The average molecular weight is 364 g/mol. The lowest BCUT2D eigenvalue weighted by Crippen LogP contribution is -2.35. The minimum atomic E-state index is -0.323. The minimum Gasteiger partial charge on any atom is -0.350 e. The Kier molecular flexibility index (Phi) is 6.01. The Morgan fingerprint density at radius 3 is 2.72 bits per heavy atom. The molecule has 0 aliphatic heterocycles. The van der Waals surface area contributed by atoms with Crippen LogP contribution in [0.15, 0.2) is 18.2 Å². The van der Waals surface area contributed by atoms with E-state index in [2.05, 4.69) is 10.2 Å². The van der Waals surface area contributed by atoms with Crippen molar-refractivity contribution >= 4 is 28.5 Å². The molecule has 1 aromatic rings. The third-order valence-corrected chi connectivity index (χ3v) is 3.46. The lowest BCUT2D eigenvalue weighted by Gasteiger charge is -2.17. The Hall–Kier alpha value is -0.690. The molecular weight excluding hydrogens is 346 g/mol. The van der Waals surface area contributed by atoms with E-state index < -0.39 is 0 Å². The molecular formula is C13H18FIN2O. The molecule has 0 aromatic heterocycles. The van der Waals surface area contributed by atoms with Crippen LogP contribution in [0.2, 0.25) is 0 Å². The summed E-state index contributed by atoms with van der Waals surface area (Å²) in [4.78, 5) is 14.1. The minimum absolute atomic E-state index is 0.0979. The first-order valence-corrected chi connectivity index (χ1v) is 6.88. The van der Waals surface area contributed by atoms with Crippen molar-refractivity contribution in [2.45, 2.75) is 19.4 Å². The highest BCUT2D eigenvalue weighted by molar-refractivity contribution is 14.1. The van der Waals surface area contributed by atoms with E-state index in [1.54, 1.807) is 0 Å². The molecule has 1 amide bonds. The Bertz CT molecular complexity index is 423. The number of benzene rings is 1. The van der Waals surface area contributed by atoms with E-state index in [1.165, 1.54) is 18.2 Å². The van der Waals surface area contributed by atoms with Crippen LogP contribution in [0, 0.1) is 9.39 Å². The summed E-state index contributed by atoms with van der Waals surface area (Å²) in [6.07, 6.45) is 0.885. The average Bonchev–Trinajstić information content (AvgIpc) is 2.26. The zero-order valence-electron chi connectivity index (χ0n) is 10.8. The number of rotatable bonds is 5. The highest BCUT2D eigenvalue weighted by Crippen LogP contribution is 2.14. The predicted molar refractivity (Wildman–Crippen MR) is 79.2 cm³/mol. The molecule has 1 rings (SSSR count). The summed E-state index contributed by atoms with van der Waals surface area (Å²) in [7, 11) is 3.99. The zero-order chi connectivity index (χ0) is 13.7. The van der Waals surface area contributed by atoms with E-state index in [-0.39, 0.29) is 17.8 Å². The quantitative estimate of drug-likeness (QED) is 0.815. The van der Waals surface area contributed by atoms with Crippen LogP contribution in [0.3, 0.4) is 0 Å². The monoisotopic (exact) mass is 364 g/mol. The second kappa shape index (κ2) is 7.04. The van der Waals surface area contributed by atoms with Gasteiger partial charge < -0.3 is 10.2 Å². The number of hydrogen-bond acceptors (Lipinski definition) is 2. The third kappa shape index (κ3) is 4.89. The lowest BCUT2D eigenvalue weighted by molar-refractivity contribution is 0.0936. The number of nitrogens with zero attached hydrogens (tertiary/aromatic N) is 1. The zero-order valence-corrected chi connectivity index (χ0v) is 13.0. The molecule has 0 radical (unpaired) electrons. The molecule has 0 saturated heterocycles. The van der Waals surface area contributed by atoms with E-state index in [9.17, 15) is 9.18 Å². The largest absolute Gasteiger partial charge is 0.350 e. The fourth-order valence-electron chi connectivity index (χ4n) is 1.50. The molecule has 0 aliphatic rings. The fraction of sp³-hybridized carbons (Fsp3) is 0.462. The van der Waals surface area contributed by atoms with Crippen molar-refractivity contribution in [3.63, 3.8) is 0 Å². The van der Waals surface area contributed by atoms with Crippen molar-refractivity contribution in [1.29, 1.82) is 0 Å². The molecule has 3 nitrogen and oxygen atoms in total. The van der Waals surface area contributed by atoms with E-state index in [1.807, 2.05) is 43.6 Å². The van der Waals surface area contributed by atoms with Gasteiger partial charge in [0.2, 0.25) is 0 Å². The number of carbonyl (C=O) groups is 1. The highest BCUT2D eigenvalue weighted by atomic mass is 127. The van der Waals surface area contributed by atoms with Crippen LogP contribution >= 0.6 is 22.6 Å². The van der Waals surface area contributed by atoms with Gasteiger partial charge in [0, 0.05) is 9.61 Å². The van der Waals surface area contributed by atoms with Gasteiger partial charge >= 0.3 is 0 Å². The molecule has 18 heavy (non-hydrogen) atoms. The van der Waals surface area contributed by atoms with Crippen LogP contribution in [-0.2, 0) is 0 Å². The van der Waals surface area contributed by atoms with Crippen molar-refractivity contribution in [3.8, 4) is 0 Å². The maximum absolute atomic E-state index is 12.9. The molecule has 1 unspecified atom stereocenters. The van der Waals surface area contributed by atoms with Gasteiger partial charge in [-0.25, -0.2) is 4.39 Å². The van der Waals surface area contributed by atoms with Crippen molar-refractivity contribution < 1.29 is 9.18 Å². The number of halogens is 2. The van der Waals surface area contributed by atoms with Crippen molar-refractivity contribution in [3.05, 3.63) is 33.1 Å². The Balaban J connectivity index is 2.59. The number of nitrogens with one attached hydrogen (secondary N) is 1. The number of amides is 1. The third-order valence-electron chi connectivity index (χ3n) is 2.56. The molecule has 100 valence electrons. The van der Waals surface area contributed by atoms with Gasteiger partial charge in [0.25, 0.3) is 5.91 Å². The smallest absolute Gasteiger partial charge is 0.252 e. The lowest BCUT2D eigenvalue weighted by atomic mass is 10.1. The van der Waals surface area contributed by atoms with Crippen molar-refractivity contribution in [1.82, 2.24) is 10.2 Å². The Morgan fingerprint density at radius 1 is 1.50 bits per heavy atom. The first kappa shape index (κ1) is 15.4. The summed E-state index contributed by atoms with van der Waals surface area (Å²) < 4.78 is 13.6. The van der Waals surface area contributed by atoms with Gasteiger partial charge in [-0.15, -0.1) is 0 Å². The highest BCUT2D eigenvalue weighted by Gasteiger charge is 2.13. The normalized spacial score (nSPS) is 12.6. The van der Waals surface area contributed by atoms with Crippen LogP contribution in [0.4, 0.5) is 4.39 Å². The van der Waals surface area contributed by atoms with Crippen LogP contribution in [0.1, 0.15) is 23.7 Å². The van der Waals surface area contributed by atoms with Crippen LogP contribution in [0.25, 0.3) is 0 Å². The predicted octanol–water partition coefficient (Wildman–Crippen LogP) is 2.50. The standard InChI is InChI=1S/C13H18FIN2O/c1-9(6-7-17(2)3)16-13(18)11-5-4-10(14)8-12(11)15/h4-5,8-9H,6-7H2,1-3H3,(H,16,18). The summed E-state index contributed by atoms with van der Waals surface area (Å²) in [5.74, 6) is -0.470. The number of hydrogen-bond donors (Lipinski definition) is 1. The van der Waals surface area contributed by atoms with Gasteiger partial charge in [-0.2, -0.15) is 0 Å². The van der Waals surface area contributed by atoms with Gasteiger partial charge in [0.1, 0.15) is 5.82 Å². The van der Waals surface area contributed by atoms with Gasteiger partial charge in [0.05, 0.1) is 5.56 Å². The molecule has 0 heterocycles. The molecule has 5 heteroatoms. The van der Waals surface area contributed by atoms with Crippen LogP contribution < -0.4 is 5.32 Å². The SMILES string of the molecule is CC(CCN(C)C)NC(=O)c1ccc(F)cc1I. The van der Waals surface area contributed by atoms with Crippen molar-refractivity contribution in [2.75, 3.05) is 20.6 Å². The number of carbonyl (C=O) groups excluding carboxylic acids is 1. The molecule has 0 bridgehead atoms. The van der Waals surface area contributed by atoms with Gasteiger partial charge in [-0.3, -0.25) is 4.79 Å². The molecule has 0 spiro atoms. The Labute approximate surface area is 121 Å². The van der Waals surface area contributed by atoms with Crippen LogP contribution in [0.5, 0.6) is 0 Å². The molecule has 0 saturated carbocycles. The van der Waals surface area contributed by atoms with E-state index in [0.717, 1.165) is 13.0 Å². The summed E-state index contributed by atoms with van der Waals surface area (Å²) >= 11 is 1.97. The second-order valence-electron chi connectivity index (χ2n) is 4.59. The maximum atomic E-state index is 12.9. The molecule has 1 atom stereocenters. The first-order chi connectivity index (χ1) is 8.40. The summed E-state index contributed by atoms with van der Waals surface area (Å²) in [6, 6.07) is 4.29. The molecule has 0 aliphatic carbocycles. The maximum Gasteiger partial charge on any atom is 0.252 e. The van der Waals surface area contributed by atoms with Crippen LogP contribution in [-0.4, -0.2) is 37.5 Å². The summed E-state index contributed by atoms with van der Waals surface area (Å²) in [5.41, 5.74) is 0.522. The topological polar surface area (TPSA) is 32.3 Å². The van der Waals surface area contributed by atoms with E-state index in [4.69, 9.17) is 0 Å². The van der Waals surface area contributed by atoms with Crippen molar-refractivity contribution in [2.24, 2.45) is 0 Å². The second-order valence-corrected chi connectivity index (χ2v) is 5.75. The van der Waals surface area contributed by atoms with E-state index in [0.29, 0.717) is 9.13 Å².